The summed E-state index contributed by atoms with van der Waals surface area (Å²) in [6, 6.07) is 14.0. The number of benzene rings is 2. The summed E-state index contributed by atoms with van der Waals surface area (Å²) in [6.45, 7) is 1.96. The lowest BCUT2D eigenvalue weighted by Gasteiger charge is -2.19. The standard InChI is InChI=1S/C20H17Cl2N3O/c1-13(26-20-8-4-6-14-5-2-3-7-16(14)20)18-12-25(24-23-18)19-10-9-15(21)11-17(19)22/h2-13,17,19H,1H3. The minimum atomic E-state index is -0.267. The molecule has 132 valence electrons. The average Bonchev–Trinajstić information content (AvgIpc) is 3.12. The van der Waals surface area contributed by atoms with Crippen LogP contribution in [-0.4, -0.2) is 20.4 Å². The van der Waals surface area contributed by atoms with Gasteiger partial charge in [-0.15, -0.1) is 16.7 Å². The summed E-state index contributed by atoms with van der Waals surface area (Å²) < 4.78 is 7.90. The molecule has 2 aromatic carbocycles. The summed E-state index contributed by atoms with van der Waals surface area (Å²) >= 11 is 12.3. The van der Waals surface area contributed by atoms with E-state index >= 15 is 0 Å². The zero-order valence-corrected chi connectivity index (χ0v) is 15.6. The maximum absolute atomic E-state index is 6.36. The topological polar surface area (TPSA) is 39.9 Å². The normalized spacial score (nSPS) is 20.8. The smallest absolute Gasteiger partial charge is 0.141 e. The van der Waals surface area contributed by atoms with E-state index in [1.54, 1.807) is 10.8 Å². The van der Waals surface area contributed by atoms with E-state index in [0.717, 1.165) is 22.2 Å². The van der Waals surface area contributed by atoms with Crippen LogP contribution in [0.25, 0.3) is 10.8 Å². The first-order valence-corrected chi connectivity index (χ1v) is 9.19. The Hall–Kier alpha value is -2.30. The molecule has 1 aromatic heterocycles. The van der Waals surface area contributed by atoms with Gasteiger partial charge in [0.05, 0.1) is 17.6 Å². The molecular weight excluding hydrogens is 369 g/mol. The molecule has 4 rings (SSSR count). The van der Waals surface area contributed by atoms with Crippen LogP contribution in [0.5, 0.6) is 5.75 Å². The third-order valence-corrected chi connectivity index (χ3v) is 5.04. The Bertz CT molecular complexity index is 990. The maximum atomic E-state index is 6.36. The molecule has 0 spiro atoms. The van der Waals surface area contributed by atoms with Crippen molar-refractivity contribution in [2.24, 2.45) is 0 Å². The third-order valence-electron chi connectivity index (χ3n) is 4.40. The van der Waals surface area contributed by atoms with Gasteiger partial charge in [-0.2, -0.15) is 0 Å². The lowest BCUT2D eigenvalue weighted by Crippen LogP contribution is -2.19. The molecule has 0 saturated carbocycles. The van der Waals surface area contributed by atoms with Gasteiger partial charge in [-0.3, -0.25) is 0 Å². The second kappa shape index (κ2) is 7.14. The van der Waals surface area contributed by atoms with Crippen LogP contribution in [0, 0.1) is 0 Å². The van der Waals surface area contributed by atoms with Crippen LogP contribution in [-0.2, 0) is 0 Å². The first-order valence-electron chi connectivity index (χ1n) is 8.37. The summed E-state index contributed by atoms with van der Waals surface area (Å²) in [5.41, 5.74) is 0.746. The molecule has 3 unspecified atom stereocenters. The fourth-order valence-corrected chi connectivity index (χ4v) is 3.62. The Morgan fingerprint density at radius 1 is 1.15 bits per heavy atom. The van der Waals surface area contributed by atoms with Gasteiger partial charge in [-0.05, 0) is 30.5 Å². The van der Waals surface area contributed by atoms with Crippen molar-refractivity contribution < 1.29 is 4.74 Å². The molecule has 0 bridgehead atoms. The highest BCUT2D eigenvalue weighted by molar-refractivity contribution is 6.32. The summed E-state index contributed by atoms with van der Waals surface area (Å²) in [7, 11) is 0. The number of hydrogen-bond acceptors (Lipinski definition) is 3. The molecule has 3 atom stereocenters. The molecule has 1 heterocycles. The highest BCUT2D eigenvalue weighted by atomic mass is 35.5. The van der Waals surface area contributed by atoms with E-state index in [2.05, 4.69) is 28.5 Å². The molecule has 1 aliphatic carbocycles. The van der Waals surface area contributed by atoms with E-state index in [4.69, 9.17) is 27.9 Å². The van der Waals surface area contributed by atoms with Crippen molar-refractivity contribution in [1.82, 2.24) is 15.0 Å². The van der Waals surface area contributed by atoms with Gasteiger partial charge in [0, 0.05) is 10.4 Å². The Labute approximate surface area is 161 Å². The zero-order valence-electron chi connectivity index (χ0n) is 14.1. The predicted molar refractivity (Wildman–Crippen MR) is 105 cm³/mol. The van der Waals surface area contributed by atoms with Crippen LogP contribution in [0.3, 0.4) is 0 Å². The highest BCUT2D eigenvalue weighted by Gasteiger charge is 2.23. The fourth-order valence-electron chi connectivity index (χ4n) is 3.01. The van der Waals surface area contributed by atoms with Gasteiger partial charge >= 0.3 is 0 Å². The van der Waals surface area contributed by atoms with Gasteiger partial charge in [-0.1, -0.05) is 59.3 Å². The number of halogens is 2. The largest absolute Gasteiger partial charge is 0.484 e. The van der Waals surface area contributed by atoms with Crippen LogP contribution in [0.15, 0.2) is 71.9 Å². The van der Waals surface area contributed by atoms with Gasteiger partial charge in [0.25, 0.3) is 0 Å². The molecule has 4 nitrogen and oxygen atoms in total. The highest BCUT2D eigenvalue weighted by Crippen LogP contribution is 2.30. The number of fused-ring (bicyclic) bond motifs is 1. The number of rotatable bonds is 4. The van der Waals surface area contributed by atoms with Crippen LogP contribution in [0.1, 0.15) is 24.8 Å². The summed E-state index contributed by atoms with van der Waals surface area (Å²) in [4.78, 5) is 0. The number of hydrogen-bond donors (Lipinski definition) is 0. The molecule has 0 N–H and O–H groups in total. The van der Waals surface area contributed by atoms with E-state index < -0.39 is 0 Å². The van der Waals surface area contributed by atoms with Gasteiger partial charge in [0.1, 0.15) is 17.5 Å². The molecule has 6 heteroatoms. The molecule has 3 aromatic rings. The first kappa shape index (κ1) is 17.1. The number of aromatic nitrogens is 3. The van der Waals surface area contributed by atoms with Crippen LogP contribution < -0.4 is 4.74 Å². The first-order chi connectivity index (χ1) is 12.6. The van der Waals surface area contributed by atoms with Crippen molar-refractivity contribution >= 4 is 34.0 Å². The lowest BCUT2D eigenvalue weighted by molar-refractivity contribution is 0.224. The fraction of sp³-hybridized carbons (Fsp3) is 0.200. The number of allylic oxidation sites excluding steroid dienone is 4. The Balaban J connectivity index is 1.55. The third kappa shape index (κ3) is 3.35. The molecule has 1 aliphatic rings. The van der Waals surface area contributed by atoms with Crippen molar-refractivity contribution in [2.75, 3.05) is 0 Å². The van der Waals surface area contributed by atoms with E-state index in [-0.39, 0.29) is 17.5 Å². The molecule has 0 amide bonds. The van der Waals surface area contributed by atoms with Gasteiger partial charge in [0.2, 0.25) is 0 Å². The van der Waals surface area contributed by atoms with E-state index in [0.29, 0.717) is 5.03 Å². The minimum absolute atomic E-state index is 0.120. The second-order valence-electron chi connectivity index (χ2n) is 6.21. The second-order valence-corrected chi connectivity index (χ2v) is 7.15. The monoisotopic (exact) mass is 385 g/mol. The molecule has 0 fully saturated rings. The molecule has 0 saturated heterocycles. The SMILES string of the molecule is CC(Oc1cccc2ccccc12)c1cn(C2C=CC(Cl)=CC2Cl)nn1. The van der Waals surface area contributed by atoms with E-state index in [9.17, 15) is 0 Å². The molecule has 26 heavy (non-hydrogen) atoms. The van der Waals surface area contributed by atoms with Crippen molar-refractivity contribution in [2.45, 2.75) is 24.4 Å². The number of nitrogens with zero attached hydrogens (tertiary/aromatic N) is 3. The quantitative estimate of drug-likeness (QED) is 0.563. The maximum Gasteiger partial charge on any atom is 0.141 e. The lowest BCUT2D eigenvalue weighted by atomic mass is 10.1. The molecule has 0 aliphatic heterocycles. The van der Waals surface area contributed by atoms with Crippen LogP contribution in [0.2, 0.25) is 0 Å². The minimum Gasteiger partial charge on any atom is -0.484 e. The summed E-state index contributed by atoms with van der Waals surface area (Å²) in [5.74, 6) is 0.827. The Morgan fingerprint density at radius 3 is 2.81 bits per heavy atom. The van der Waals surface area contributed by atoms with Crippen molar-refractivity contribution in [3.8, 4) is 5.75 Å². The predicted octanol–water partition coefficient (Wildman–Crippen LogP) is 5.41. The van der Waals surface area contributed by atoms with Crippen molar-refractivity contribution in [3.05, 3.63) is 77.6 Å². The van der Waals surface area contributed by atoms with Crippen LogP contribution in [0.4, 0.5) is 0 Å². The van der Waals surface area contributed by atoms with Crippen molar-refractivity contribution in [1.29, 1.82) is 0 Å². The van der Waals surface area contributed by atoms with E-state index in [1.165, 1.54) is 0 Å². The Kier molecular flexibility index (Phi) is 4.70. The van der Waals surface area contributed by atoms with E-state index in [1.807, 2.05) is 49.5 Å². The van der Waals surface area contributed by atoms with Gasteiger partial charge < -0.3 is 4.74 Å². The van der Waals surface area contributed by atoms with Crippen LogP contribution >= 0.6 is 23.2 Å². The average molecular weight is 386 g/mol. The molecule has 0 radical (unpaired) electrons. The zero-order chi connectivity index (χ0) is 18.1. The number of alkyl halides is 1. The van der Waals surface area contributed by atoms with Crippen molar-refractivity contribution in [3.63, 3.8) is 0 Å². The number of ether oxygens (including phenoxy) is 1. The summed E-state index contributed by atoms with van der Waals surface area (Å²) in [5, 5.41) is 11.1. The van der Waals surface area contributed by atoms with Gasteiger partial charge in [0.15, 0.2) is 0 Å². The molecular formula is C20H17Cl2N3O. The summed E-state index contributed by atoms with van der Waals surface area (Å²) in [6.07, 6.45) is 7.17. The van der Waals surface area contributed by atoms with Gasteiger partial charge in [-0.25, -0.2) is 4.68 Å². The Morgan fingerprint density at radius 2 is 1.96 bits per heavy atom.